The van der Waals surface area contributed by atoms with Crippen LogP contribution in [-0.2, 0) is 14.4 Å². The number of anilines is 2. The van der Waals surface area contributed by atoms with Crippen molar-refractivity contribution in [2.45, 2.75) is 78.3 Å². The van der Waals surface area contributed by atoms with Gasteiger partial charge >= 0.3 is 0 Å². The Morgan fingerprint density at radius 2 is 1.71 bits per heavy atom. The van der Waals surface area contributed by atoms with Crippen LogP contribution >= 0.6 is 0 Å². The highest BCUT2D eigenvalue weighted by Crippen LogP contribution is 2.40. The van der Waals surface area contributed by atoms with Gasteiger partial charge in [-0.2, -0.15) is 0 Å². The highest BCUT2D eigenvalue weighted by Gasteiger charge is 2.37. The highest BCUT2D eigenvalue weighted by atomic mass is 16.5. The van der Waals surface area contributed by atoms with Gasteiger partial charge in [0.25, 0.3) is 0 Å². The van der Waals surface area contributed by atoms with E-state index in [4.69, 9.17) is 14.0 Å². The van der Waals surface area contributed by atoms with Crippen molar-refractivity contribution < 1.29 is 28.4 Å². The van der Waals surface area contributed by atoms with E-state index in [-0.39, 0.29) is 18.7 Å². The Hall–Kier alpha value is -4.34. The Kier molecular flexibility index (Phi) is 10.7. The van der Waals surface area contributed by atoms with E-state index in [9.17, 15) is 14.4 Å². The minimum atomic E-state index is -1.13. The first-order valence-electron chi connectivity index (χ1n) is 14.1. The molecule has 0 saturated carbocycles. The molecule has 3 rings (SSSR count). The van der Waals surface area contributed by atoms with Crippen molar-refractivity contribution in [2.75, 3.05) is 24.4 Å². The van der Waals surface area contributed by atoms with Gasteiger partial charge < -0.3 is 24.6 Å². The number of nitrogens with zero attached hydrogens (tertiary/aromatic N) is 2. The van der Waals surface area contributed by atoms with Crippen molar-refractivity contribution in [1.82, 2.24) is 10.5 Å². The maximum Gasteiger partial charge on any atom is 0.248 e. The van der Waals surface area contributed by atoms with E-state index in [2.05, 4.69) is 29.6 Å². The van der Waals surface area contributed by atoms with Crippen LogP contribution in [0.2, 0.25) is 0 Å². The molecule has 10 nitrogen and oxygen atoms in total. The van der Waals surface area contributed by atoms with Gasteiger partial charge in [-0.15, -0.1) is 0 Å². The number of carbonyl (C=O) groups excluding carboxylic acids is 3. The van der Waals surface area contributed by atoms with Crippen LogP contribution in [0.3, 0.4) is 0 Å². The zero-order valence-corrected chi connectivity index (χ0v) is 25.7. The molecule has 3 amide bonds. The van der Waals surface area contributed by atoms with Gasteiger partial charge in [0.05, 0.1) is 14.2 Å². The van der Waals surface area contributed by atoms with E-state index in [1.807, 2.05) is 45.0 Å². The van der Waals surface area contributed by atoms with Crippen LogP contribution in [0.4, 0.5) is 11.5 Å². The molecule has 0 bridgehead atoms. The summed E-state index contributed by atoms with van der Waals surface area (Å²) in [5, 5.41) is 9.44. The molecule has 0 fully saturated rings. The molecule has 0 aliphatic carbocycles. The van der Waals surface area contributed by atoms with Gasteiger partial charge in [0.2, 0.25) is 17.7 Å². The van der Waals surface area contributed by atoms with E-state index in [0.29, 0.717) is 34.4 Å². The second-order valence-corrected chi connectivity index (χ2v) is 11.3. The van der Waals surface area contributed by atoms with Crippen molar-refractivity contribution in [3.05, 3.63) is 65.4 Å². The van der Waals surface area contributed by atoms with Crippen LogP contribution in [0.25, 0.3) is 0 Å². The van der Waals surface area contributed by atoms with E-state index < -0.39 is 29.3 Å². The zero-order valence-electron chi connectivity index (χ0n) is 25.7. The third-order valence-electron chi connectivity index (χ3n) is 6.82. The highest BCUT2D eigenvalue weighted by molar-refractivity contribution is 6.03. The van der Waals surface area contributed by atoms with E-state index in [1.165, 1.54) is 19.1 Å². The molecule has 2 atom stereocenters. The quantitative estimate of drug-likeness (QED) is 0.273. The first-order chi connectivity index (χ1) is 19.9. The van der Waals surface area contributed by atoms with Crippen molar-refractivity contribution in [1.29, 1.82) is 0 Å². The Balaban J connectivity index is 2.09. The third-order valence-corrected chi connectivity index (χ3v) is 6.82. The summed E-state index contributed by atoms with van der Waals surface area (Å²) in [4.78, 5) is 42.3. The Bertz CT molecular complexity index is 1380. The molecule has 42 heavy (non-hydrogen) atoms. The number of carbonyl (C=O) groups is 3. The molecule has 10 heteroatoms. The van der Waals surface area contributed by atoms with Gasteiger partial charge in [-0.1, -0.05) is 43.3 Å². The smallest absolute Gasteiger partial charge is 0.248 e. The number of amides is 3. The summed E-state index contributed by atoms with van der Waals surface area (Å²) in [6.45, 7) is 11.6. The number of para-hydroxylation sites is 1. The maximum absolute atomic E-state index is 14.1. The zero-order chi connectivity index (χ0) is 31.0. The van der Waals surface area contributed by atoms with Crippen LogP contribution in [0.1, 0.15) is 82.7 Å². The van der Waals surface area contributed by atoms with Crippen LogP contribution in [-0.4, -0.2) is 42.6 Å². The van der Waals surface area contributed by atoms with Gasteiger partial charge in [0.15, 0.2) is 17.3 Å². The molecule has 3 aromatic rings. The lowest BCUT2D eigenvalue weighted by molar-refractivity contribution is -0.128. The summed E-state index contributed by atoms with van der Waals surface area (Å²) >= 11 is 0. The molecule has 2 aromatic carbocycles. The molecule has 0 aliphatic rings. The van der Waals surface area contributed by atoms with Crippen LogP contribution in [0.15, 0.2) is 53.1 Å². The number of ether oxygens (including phenoxy) is 2. The average Bonchev–Trinajstić information content (AvgIpc) is 3.36. The Morgan fingerprint density at radius 1 is 1.02 bits per heavy atom. The number of methoxy groups -OCH3 is 2. The summed E-state index contributed by atoms with van der Waals surface area (Å²) < 4.78 is 16.2. The third kappa shape index (κ3) is 8.11. The lowest BCUT2D eigenvalue weighted by Gasteiger charge is -2.34. The minimum Gasteiger partial charge on any atom is -0.493 e. The molecule has 2 N–H and O–H groups in total. The minimum absolute atomic E-state index is 0.130. The van der Waals surface area contributed by atoms with Gasteiger partial charge in [-0.3, -0.25) is 19.3 Å². The van der Waals surface area contributed by atoms with Crippen LogP contribution in [0, 0.1) is 6.92 Å². The summed E-state index contributed by atoms with van der Waals surface area (Å²) in [7, 11) is 3.00. The predicted octanol–water partition coefficient (Wildman–Crippen LogP) is 5.92. The van der Waals surface area contributed by atoms with Crippen molar-refractivity contribution >= 4 is 29.2 Å². The molecule has 0 spiro atoms. The summed E-state index contributed by atoms with van der Waals surface area (Å²) in [5.74, 6) is 0.670. The molecule has 0 saturated heterocycles. The number of benzene rings is 2. The first kappa shape index (κ1) is 32.2. The molecule has 0 aliphatic heterocycles. The standard InChI is InChI=1S/C32H42N4O6/c1-9-20(2)22-13-15-23(16-14-22)36(28(38)18-17-27(37)33-26-19-21(3)42-35-26)29(31(39)34-32(4,5)6)24-11-10-12-25(40-7)30(24)41-8/h10-16,19-20,29H,9,17-18H2,1-8H3,(H,34,39)(H,33,35,37)/t20-,29+/m1/s1. The fourth-order valence-electron chi connectivity index (χ4n) is 4.57. The molecule has 0 unspecified atom stereocenters. The first-order valence-corrected chi connectivity index (χ1v) is 14.1. The average molecular weight is 579 g/mol. The SMILES string of the molecule is CC[C@@H](C)c1ccc(N(C(=O)CCC(=O)Nc2cc(C)on2)[C@H](C(=O)NC(C)(C)C)c2cccc(OC)c2OC)cc1. The second-order valence-electron chi connectivity index (χ2n) is 11.3. The number of hydrogen-bond donors (Lipinski definition) is 2. The largest absolute Gasteiger partial charge is 0.493 e. The van der Waals surface area contributed by atoms with Crippen LogP contribution in [0.5, 0.6) is 11.5 Å². The lowest BCUT2D eigenvalue weighted by atomic mass is 9.96. The Morgan fingerprint density at radius 3 is 2.26 bits per heavy atom. The maximum atomic E-state index is 14.1. The topological polar surface area (TPSA) is 123 Å². The molecular formula is C32H42N4O6. The summed E-state index contributed by atoms with van der Waals surface area (Å²) in [6.07, 6.45) is 0.663. The predicted molar refractivity (Wildman–Crippen MR) is 162 cm³/mol. The van der Waals surface area contributed by atoms with Gasteiger partial charge in [-0.25, -0.2) is 0 Å². The fraction of sp³-hybridized carbons (Fsp3) is 0.438. The number of rotatable bonds is 12. The number of nitrogens with one attached hydrogen (secondary N) is 2. The van der Waals surface area contributed by atoms with Crippen molar-refractivity contribution in [2.24, 2.45) is 0 Å². The second kappa shape index (κ2) is 14.0. The van der Waals surface area contributed by atoms with Crippen molar-refractivity contribution in [3.8, 4) is 11.5 Å². The monoisotopic (exact) mass is 578 g/mol. The molecule has 1 heterocycles. The number of aryl methyl sites for hydroxylation is 1. The van der Waals surface area contributed by atoms with E-state index in [1.54, 1.807) is 31.2 Å². The Labute approximate surface area is 247 Å². The van der Waals surface area contributed by atoms with E-state index >= 15 is 0 Å². The normalized spacial score (nSPS) is 12.7. The molecule has 226 valence electrons. The van der Waals surface area contributed by atoms with Crippen molar-refractivity contribution in [3.63, 3.8) is 0 Å². The number of aromatic nitrogens is 1. The fourth-order valence-corrected chi connectivity index (χ4v) is 4.57. The van der Waals surface area contributed by atoms with Crippen LogP contribution < -0.4 is 25.0 Å². The van der Waals surface area contributed by atoms with Gasteiger partial charge in [0, 0.05) is 35.7 Å². The lowest BCUT2D eigenvalue weighted by Crippen LogP contribution is -2.49. The summed E-state index contributed by atoms with van der Waals surface area (Å²) in [5.41, 5.74) is 1.48. The van der Waals surface area contributed by atoms with Gasteiger partial charge in [0.1, 0.15) is 11.8 Å². The molecular weight excluding hydrogens is 536 g/mol. The van der Waals surface area contributed by atoms with E-state index in [0.717, 1.165) is 12.0 Å². The summed E-state index contributed by atoms with van der Waals surface area (Å²) in [6, 6.07) is 13.3. The number of hydrogen-bond acceptors (Lipinski definition) is 7. The van der Waals surface area contributed by atoms with Gasteiger partial charge in [-0.05, 0) is 63.8 Å². The molecule has 0 radical (unpaired) electrons. The molecule has 1 aromatic heterocycles.